The van der Waals surface area contributed by atoms with Crippen LogP contribution in [0.3, 0.4) is 0 Å². The molecule has 106 valence electrons. The lowest BCUT2D eigenvalue weighted by Crippen LogP contribution is -2.24. The molecule has 0 aliphatic carbocycles. The Morgan fingerprint density at radius 3 is 2.70 bits per heavy atom. The van der Waals surface area contributed by atoms with Crippen LogP contribution in [-0.2, 0) is 11.3 Å². The molecule has 1 amide bonds. The van der Waals surface area contributed by atoms with Gasteiger partial charge < -0.3 is 10.0 Å². The molecule has 3 nitrogen and oxygen atoms in total. The lowest BCUT2D eigenvalue weighted by molar-refractivity contribution is -0.128. The average Bonchev–Trinajstić information content (AvgIpc) is 2.82. The number of hydrogen-bond donors (Lipinski definition) is 1. The molecule has 1 aliphatic heterocycles. The first-order valence-electron chi connectivity index (χ1n) is 7.19. The van der Waals surface area contributed by atoms with Crippen LogP contribution in [0.25, 0.3) is 0 Å². The summed E-state index contributed by atoms with van der Waals surface area (Å²) in [7, 11) is 0. The molecule has 1 heterocycles. The van der Waals surface area contributed by atoms with Gasteiger partial charge in [0.25, 0.3) is 0 Å². The van der Waals surface area contributed by atoms with E-state index in [2.05, 4.69) is 18.8 Å². The lowest BCUT2D eigenvalue weighted by Gasteiger charge is -2.16. The fraction of sp³-hybridized carbons (Fsp3) is 0.471. The summed E-state index contributed by atoms with van der Waals surface area (Å²) >= 11 is 0. The standard InChI is InChI=1S/C17H21NO2/c1-2-14-11-17(20)18(12-14)13-16-8-6-15(7-9-16)5-3-4-10-19/h6-9,14,19H,2,4,10-13H2,1H3. The van der Waals surface area contributed by atoms with Crippen molar-refractivity contribution in [2.75, 3.05) is 13.2 Å². The van der Waals surface area contributed by atoms with Crippen LogP contribution in [0.4, 0.5) is 0 Å². The minimum absolute atomic E-state index is 0.0980. The fourth-order valence-corrected chi connectivity index (χ4v) is 2.41. The quantitative estimate of drug-likeness (QED) is 0.853. The van der Waals surface area contributed by atoms with E-state index in [-0.39, 0.29) is 12.5 Å². The third-order valence-corrected chi connectivity index (χ3v) is 3.67. The SMILES string of the molecule is CCC1CC(=O)N(Cc2ccc(C#CCCO)cc2)C1. The first-order chi connectivity index (χ1) is 9.72. The van der Waals surface area contributed by atoms with Crippen molar-refractivity contribution in [3.05, 3.63) is 35.4 Å². The molecule has 2 rings (SSSR count). The third kappa shape index (κ3) is 3.85. The van der Waals surface area contributed by atoms with Crippen LogP contribution in [0.2, 0.25) is 0 Å². The van der Waals surface area contributed by atoms with E-state index in [4.69, 9.17) is 5.11 Å². The van der Waals surface area contributed by atoms with Gasteiger partial charge in [0.1, 0.15) is 0 Å². The number of aliphatic hydroxyl groups excluding tert-OH is 1. The van der Waals surface area contributed by atoms with Crippen LogP contribution in [0.15, 0.2) is 24.3 Å². The van der Waals surface area contributed by atoms with Crippen molar-refractivity contribution in [3.8, 4) is 11.8 Å². The van der Waals surface area contributed by atoms with Crippen LogP contribution >= 0.6 is 0 Å². The van der Waals surface area contributed by atoms with E-state index in [0.717, 1.165) is 24.1 Å². The summed E-state index contributed by atoms with van der Waals surface area (Å²) in [4.78, 5) is 13.8. The molecule has 1 N–H and O–H groups in total. The maximum Gasteiger partial charge on any atom is 0.223 e. The van der Waals surface area contributed by atoms with Gasteiger partial charge >= 0.3 is 0 Å². The van der Waals surface area contributed by atoms with Crippen molar-refractivity contribution in [2.24, 2.45) is 5.92 Å². The van der Waals surface area contributed by atoms with Gasteiger partial charge in [0.2, 0.25) is 5.91 Å². The second-order valence-electron chi connectivity index (χ2n) is 5.22. The zero-order valence-corrected chi connectivity index (χ0v) is 11.9. The Bertz CT molecular complexity index is 510. The molecule has 1 saturated heterocycles. The van der Waals surface area contributed by atoms with Crippen molar-refractivity contribution in [2.45, 2.75) is 32.7 Å². The molecule has 1 aliphatic rings. The van der Waals surface area contributed by atoms with Crippen LogP contribution in [0.5, 0.6) is 0 Å². The van der Waals surface area contributed by atoms with Gasteiger partial charge in [-0.1, -0.05) is 37.3 Å². The predicted octanol–water partition coefficient (Wildman–Crippen LogP) is 2.18. The van der Waals surface area contributed by atoms with Gasteiger partial charge in [0.05, 0.1) is 6.61 Å². The van der Waals surface area contributed by atoms with Crippen molar-refractivity contribution in [1.29, 1.82) is 0 Å². The van der Waals surface area contributed by atoms with Crippen LogP contribution in [0.1, 0.15) is 37.3 Å². The maximum atomic E-state index is 11.9. The highest BCUT2D eigenvalue weighted by Gasteiger charge is 2.27. The number of rotatable bonds is 4. The first-order valence-corrected chi connectivity index (χ1v) is 7.19. The molecule has 0 saturated carbocycles. The van der Waals surface area contributed by atoms with Gasteiger partial charge in [-0.2, -0.15) is 0 Å². The van der Waals surface area contributed by atoms with Gasteiger partial charge in [-0.05, 0) is 23.6 Å². The average molecular weight is 271 g/mol. The number of benzene rings is 1. The molecule has 0 radical (unpaired) electrons. The molecule has 0 aromatic heterocycles. The Morgan fingerprint density at radius 1 is 1.35 bits per heavy atom. The summed E-state index contributed by atoms with van der Waals surface area (Å²) in [5.41, 5.74) is 2.09. The van der Waals surface area contributed by atoms with Crippen LogP contribution < -0.4 is 0 Å². The molecule has 3 heteroatoms. The molecular weight excluding hydrogens is 250 g/mol. The zero-order chi connectivity index (χ0) is 14.4. The highest BCUT2D eigenvalue weighted by atomic mass is 16.2. The lowest BCUT2D eigenvalue weighted by atomic mass is 10.1. The molecule has 1 fully saturated rings. The topological polar surface area (TPSA) is 40.5 Å². The highest BCUT2D eigenvalue weighted by Crippen LogP contribution is 2.22. The monoisotopic (exact) mass is 271 g/mol. The highest BCUT2D eigenvalue weighted by molar-refractivity contribution is 5.78. The normalized spacial score (nSPS) is 18.0. The molecule has 1 atom stereocenters. The number of hydrogen-bond acceptors (Lipinski definition) is 2. The summed E-state index contributed by atoms with van der Waals surface area (Å²) < 4.78 is 0. The second-order valence-corrected chi connectivity index (χ2v) is 5.22. The van der Waals surface area contributed by atoms with Crippen molar-refractivity contribution in [3.63, 3.8) is 0 Å². The molecule has 0 bridgehead atoms. The number of nitrogens with zero attached hydrogens (tertiary/aromatic N) is 1. The molecule has 1 aromatic rings. The molecule has 1 unspecified atom stereocenters. The molecular formula is C17H21NO2. The van der Waals surface area contributed by atoms with E-state index < -0.39 is 0 Å². The van der Waals surface area contributed by atoms with Gasteiger partial charge in [0, 0.05) is 31.5 Å². The summed E-state index contributed by atoms with van der Waals surface area (Å²) in [6, 6.07) is 7.99. The fourth-order valence-electron chi connectivity index (χ4n) is 2.41. The van der Waals surface area contributed by atoms with E-state index >= 15 is 0 Å². The number of carbonyl (C=O) groups is 1. The molecule has 20 heavy (non-hydrogen) atoms. The second kappa shape index (κ2) is 7.12. The number of likely N-dealkylation sites (tertiary alicyclic amines) is 1. The Labute approximate surface area is 120 Å². The van der Waals surface area contributed by atoms with Gasteiger partial charge in [-0.25, -0.2) is 0 Å². The Morgan fingerprint density at radius 2 is 2.10 bits per heavy atom. The minimum Gasteiger partial charge on any atom is -0.395 e. The largest absolute Gasteiger partial charge is 0.395 e. The summed E-state index contributed by atoms with van der Waals surface area (Å²) in [5, 5.41) is 8.67. The minimum atomic E-state index is 0.0980. The van der Waals surface area contributed by atoms with Crippen molar-refractivity contribution >= 4 is 5.91 Å². The summed E-state index contributed by atoms with van der Waals surface area (Å²) in [6.07, 6.45) is 2.27. The van der Waals surface area contributed by atoms with Gasteiger partial charge in [-0.3, -0.25) is 4.79 Å². The number of carbonyl (C=O) groups excluding carboxylic acids is 1. The Hall–Kier alpha value is -1.79. The van der Waals surface area contributed by atoms with Crippen molar-refractivity contribution < 1.29 is 9.90 Å². The number of amides is 1. The number of aliphatic hydroxyl groups is 1. The first kappa shape index (κ1) is 14.6. The van der Waals surface area contributed by atoms with Gasteiger partial charge in [0.15, 0.2) is 0 Å². The third-order valence-electron chi connectivity index (χ3n) is 3.67. The van der Waals surface area contributed by atoms with E-state index in [1.807, 2.05) is 29.2 Å². The van der Waals surface area contributed by atoms with Crippen LogP contribution in [0, 0.1) is 17.8 Å². The molecule has 1 aromatic carbocycles. The zero-order valence-electron chi connectivity index (χ0n) is 11.9. The van der Waals surface area contributed by atoms with Crippen LogP contribution in [-0.4, -0.2) is 29.1 Å². The van der Waals surface area contributed by atoms with E-state index in [1.54, 1.807) is 0 Å². The molecule has 0 spiro atoms. The van der Waals surface area contributed by atoms with Crippen molar-refractivity contribution in [1.82, 2.24) is 4.90 Å². The Balaban J connectivity index is 1.94. The summed E-state index contributed by atoms with van der Waals surface area (Å²) in [6.45, 7) is 3.81. The Kier molecular flexibility index (Phi) is 5.20. The van der Waals surface area contributed by atoms with E-state index in [1.165, 1.54) is 0 Å². The van der Waals surface area contributed by atoms with Gasteiger partial charge in [-0.15, -0.1) is 0 Å². The smallest absolute Gasteiger partial charge is 0.223 e. The predicted molar refractivity (Wildman–Crippen MR) is 78.8 cm³/mol. The summed E-state index contributed by atoms with van der Waals surface area (Å²) in [5.74, 6) is 6.69. The van der Waals surface area contributed by atoms with E-state index in [9.17, 15) is 4.79 Å². The van der Waals surface area contributed by atoms with E-state index in [0.29, 0.717) is 25.3 Å². The maximum absolute atomic E-state index is 11.9.